The molecule has 1 saturated carbocycles. The average Bonchev–Trinajstić information content (AvgIpc) is 2.65. The SMILES string of the molecule is O=C(CNC(=O)C1CCCCC1)OCc1nc2ccccc2c(=O)[nH]1. The Hall–Kier alpha value is -2.70. The van der Waals surface area contributed by atoms with Gasteiger partial charge in [-0.15, -0.1) is 0 Å². The molecule has 0 atom stereocenters. The van der Waals surface area contributed by atoms with E-state index in [-0.39, 0.29) is 36.4 Å². The van der Waals surface area contributed by atoms with Gasteiger partial charge < -0.3 is 15.0 Å². The Morgan fingerprint density at radius 1 is 1.20 bits per heavy atom. The van der Waals surface area contributed by atoms with E-state index in [9.17, 15) is 14.4 Å². The van der Waals surface area contributed by atoms with Gasteiger partial charge in [-0.25, -0.2) is 4.98 Å². The number of carbonyl (C=O) groups excluding carboxylic acids is 2. The summed E-state index contributed by atoms with van der Waals surface area (Å²) in [6, 6.07) is 6.94. The van der Waals surface area contributed by atoms with Crippen LogP contribution in [0.2, 0.25) is 0 Å². The standard InChI is InChI=1S/C18H21N3O4/c22-16(10-19-17(23)12-6-2-1-3-7-12)25-11-15-20-14-9-5-4-8-13(14)18(24)21-15/h4-5,8-9,12H,1-3,6-7,10-11H2,(H,19,23)(H,20,21,24). The molecule has 1 aliphatic rings. The normalized spacial score (nSPS) is 15.0. The van der Waals surface area contributed by atoms with Crippen molar-refractivity contribution in [1.82, 2.24) is 15.3 Å². The molecule has 1 heterocycles. The van der Waals surface area contributed by atoms with Crippen LogP contribution in [0.15, 0.2) is 29.1 Å². The van der Waals surface area contributed by atoms with Crippen molar-refractivity contribution in [2.45, 2.75) is 38.7 Å². The number of rotatable bonds is 5. The van der Waals surface area contributed by atoms with E-state index in [0.717, 1.165) is 25.7 Å². The van der Waals surface area contributed by atoms with E-state index in [2.05, 4.69) is 15.3 Å². The van der Waals surface area contributed by atoms with Crippen LogP contribution in [0.1, 0.15) is 37.9 Å². The lowest BCUT2D eigenvalue weighted by molar-refractivity contribution is -0.145. The number of esters is 1. The second-order valence-electron chi connectivity index (χ2n) is 6.24. The van der Waals surface area contributed by atoms with E-state index in [1.165, 1.54) is 6.42 Å². The van der Waals surface area contributed by atoms with E-state index >= 15 is 0 Å². The number of benzene rings is 1. The number of hydrogen-bond donors (Lipinski definition) is 2. The number of aromatic nitrogens is 2. The fourth-order valence-corrected chi connectivity index (χ4v) is 3.07. The van der Waals surface area contributed by atoms with Crippen LogP contribution in [0.3, 0.4) is 0 Å². The summed E-state index contributed by atoms with van der Waals surface area (Å²) in [7, 11) is 0. The smallest absolute Gasteiger partial charge is 0.325 e. The van der Waals surface area contributed by atoms with E-state index in [0.29, 0.717) is 10.9 Å². The highest BCUT2D eigenvalue weighted by molar-refractivity contribution is 5.83. The number of fused-ring (bicyclic) bond motifs is 1. The van der Waals surface area contributed by atoms with Crippen LogP contribution in [0.4, 0.5) is 0 Å². The molecule has 2 N–H and O–H groups in total. The molecular formula is C18H21N3O4. The largest absolute Gasteiger partial charge is 0.456 e. The summed E-state index contributed by atoms with van der Waals surface area (Å²) >= 11 is 0. The van der Waals surface area contributed by atoms with Gasteiger partial charge in [-0.05, 0) is 25.0 Å². The Balaban J connectivity index is 1.50. The lowest BCUT2D eigenvalue weighted by atomic mass is 9.89. The Bertz CT molecular complexity index is 824. The number of hydrogen-bond acceptors (Lipinski definition) is 5. The Morgan fingerprint density at radius 3 is 2.76 bits per heavy atom. The fourth-order valence-electron chi connectivity index (χ4n) is 3.07. The summed E-state index contributed by atoms with van der Waals surface area (Å²) in [5.74, 6) is -0.371. The van der Waals surface area contributed by atoms with Gasteiger partial charge in [0, 0.05) is 5.92 Å². The van der Waals surface area contributed by atoms with Gasteiger partial charge in [0.2, 0.25) is 5.91 Å². The summed E-state index contributed by atoms with van der Waals surface area (Å²) in [4.78, 5) is 42.6. The third-order valence-electron chi connectivity index (χ3n) is 4.41. The van der Waals surface area contributed by atoms with Gasteiger partial charge in [-0.2, -0.15) is 0 Å². The molecule has 0 spiro atoms. The molecule has 132 valence electrons. The van der Waals surface area contributed by atoms with Crippen molar-refractivity contribution in [2.24, 2.45) is 5.92 Å². The van der Waals surface area contributed by atoms with Gasteiger partial charge >= 0.3 is 5.97 Å². The van der Waals surface area contributed by atoms with Crippen molar-refractivity contribution in [3.63, 3.8) is 0 Å². The van der Waals surface area contributed by atoms with E-state index in [1.54, 1.807) is 24.3 Å². The molecule has 1 amide bonds. The molecule has 1 aliphatic carbocycles. The van der Waals surface area contributed by atoms with Gasteiger partial charge in [-0.1, -0.05) is 31.4 Å². The second-order valence-corrected chi connectivity index (χ2v) is 6.24. The number of aromatic amines is 1. The lowest BCUT2D eigenvalue weighted by Gasteiger charge is -2.20. The van der Waals surface area contributed by atoms with Gasteiger partial charge in [0.25, 0.3) is 5.56 Å². The van der Waals surface area contributed by atoms with Crippen LogP contribution < -0.4 is 10.9 Å². The zero-order valence-electron chi connectivity index (χ0n) is 13.9. The highest BCUT2D eigenvalue weighted by atomic mass is 16.5. The summed E-state index contributed by atoms with van der Waals surface area (Å²) < 4.78 is 5.08. The van der Waals surface area contributed by atoms with Crippen LogP contribution >= 0.6 is 0 Å². The molecule has 7 heteroatoms. The number of nitrogens with one attached hydrogen (secondary N) is 2. The minimum atomic E-state index is -0.556. The second kappa shape index (κ2) is 7.92. The first-order chi connectivity index (χ1) is 12.1. The summed E-state index contributed by atoms with van der Waals surface area (Å²) in [6.07, 6.45) is 5.04. The molecule has 2 aromatic rings. The molecule has 25 heavy (non-hydrogen) atoms. The number of amides is 1. The highest BCUT2D eigenvalue weighted by Gasteiger charge is 2.21. The van der Waals surface area contributed by atoms with E-state index < -0.39 is 5.97 Å². The van der Waals surface area contributed by atoms with Crippen molar-refractivity contribution >= 4 is 22.8 Å². The Kier molecular flexibility index (Phi) is 5.42. The number of carbonyl (C=O) groups is 2. The van der Waals surface area contributed by atoms with Crippen LogP contribution in [0.5, 0.6) is 0 Å². The monoisotopic (exact) mass is 343 g/mol. The molecule has 1 aromatic carbocycles. The molecule has 1 fully saturated rings. The van der Waals surface area contributed by atoms with Crippen LogP contribution in [-0.4, -0.2) is 28.4 Å². The zero-order valence-corrected chi connectivity index (χ0v) is 13.9. The van der Waals surface area contributed by atoms with E-state index in [1.807, 2.05) is 0 Å². The first-order valence-electron chi connectivity index (χ1n) is 8.55. The number of nitrogens with zero attached hydrogens (tertiary/aromatic N) is 1. The molecule has 1 aromatic heterocycles. The first kappa shape index (κ1) is 17.1. The average molecular weight is 343 g/mol. The minimum Gasteiger partial charge on any atom is -0.456 e. The molecular weight excluding hydrogens is 322 g/mol. The first-order valence-corrected chi connectivity index (χ1v) is 8.55. The van der Waals surface area contributed by atoms with Crippen molar-refractivity contribution in [1.29, 1.82) is 0 Å². The molecule has 3 rings (SSSR count). The third-order valence-corrected chi connectivity index (χ3v) is 4.41. The molecule has 0 unspecified atom stereocenters. The van der Waals surface area contributed by atoms with Gasteiger partial charge in [0.1, 0.15) is 19.0 Å². The highest BCUT2D eigenvalue weighted by Crippen LogP contribution is 2.23. The molecule has 7 nitrogen and oxygen atoms in total. The maximum absolute atomic E-state index is 12.0. The molecule has 0 bridgehead atoms. The van der Waals surface area contributed by atoms with Crippen LogP contribution in [-0.2, 0) is 20.9 Å². The minimum absolute atomic E-state index is 0.0000549. The van der Waals surface area contributed by atoms with Crippen molar-refractivity contribution in [3.05, 3.63) is 40.4 Å². The summed E-state index contributed by atoms with van der Waals surface area (Å²) in [5.41, 5.74) is 0.269. The van der Waals surface area contributed by atoms with Gasteiger partial charge in [0.15, 0.2) is 0 Å². The van der Waals surface area contributed by atoms with Crippen LogP contribution in [0.25, 0.3) is 10.9 Å². The quantitative estimate of drug-likeness (QED) is 0.804. The third kappa shape index (κ3) is 4.43. The predicted octanol–water partition coefficient (Wildman–Crippen LogP) is 1.66. The molecule has 0 aliphatic heterocycles. The van der Waals surface area contributed by atoms with Gasteiger partial charge in [0.05, 0.1) is 10.9 Å². The Morgan fingerprint density at radius 2 is 1.96 bits per heavy atom. The maximum Gasteiger partial charge on any atom is 0.325 e. The lowest BCUT2D eigenvalue weighted by Crippen LogP contribution is -2.36. The summed E-state index contributed by atoms with van der Waals surface area (Å²) in [5, 5.41) is 3.11. The van der Waals surface area contributed by atoms with E-state index in [4.69, 9.17) is 4.74 Å². The van der Waals surface area contributed by atoms with Crippen molar-refractivity contribution in [3.8, 4) is 0 Å². The van der Waals surface area contributed by atoms with Crippen LogP contribution in [0, 0.1) is 5.92 Å². The fraction of sp³-hybridized carbons (Fsp3) is 0.444. The number of para-hydroxylation sites is 1. The molecule has 0 saturated heterocycles. The van der Waals surface area contributed by atoms with Crippen molar-refractivity contribution < 1.29 is 14.3 Å². The number of ether oxygens (including phenoxy) is 1. The Labute approximate surface area is 144 Å². The predicted molar refractivity (Wildman–Crippen MR) is 91.7 cm³/mol. The maximum atomic E-state index is 12.0. The topological polar surface area (TPSA) is 101 Å². The van der Waals surface area contributed by atoms with Crippen molar-refractivity contribution in [2.75, 3.05) is 6.54 Å². The molecule has 0 radical (unpaired) electrons. The van der Waals surface area contributed by atoms with Gasteiger partial charge in [-0.3, -0.25) is 14.4 Å². The zero-order chi connectivity index (χ0) is 17.6. The number of H-pyrrole nitrogens is 1. The summed E-state index contributed by atoms with van der Waals surface area (Å²) in [6.45, 7) is -0.314.